The molecule has 2 aliphatic heterocycles. The van der Waals surface area contributed by atoms with E-state index < -0.39 is 17.5 Å². The molecule has 1 N–H and O–H groups in total. The molecule has 128 valence electrons. The number of amides is 1. The van der Waals surface area contributed by atoms with Gasteiger partial charge in [0, 0.05) is 19.5 Å². The quantitative estimate of drug-likeness (QED) is 0.904. The standard InChI is InChI=1S/C19H23NO4/c1-11-6-13-8-16(24-15(13)7-12(11)2)17(21)20-9-14-4-3-5-19(14,10-20)18(22)23/h6-7,14,16H,3-5,8-10H2,1-2H3,(H,22,23)/t14-,16?,19+/m0/s1. The molecule has 1 aliphatic carbocycles. The largest absolute Gasteiger partial charge is 0.481 e. The van der Waals surface area contributed by atoms with E-state index >= 15 is 0 Å². The van der Waals surface area contributed by atoms with Crippen LogP contribution in [-0.2, 0) is 16.0 Å². The highest BCUT2D eigenvalue weighted by Crippen LogP contribution is 2.49. The summed E-state index contributed by atoms with van der Waals surface area (Å²) in [5, 5.41) is 9.67. The van der Waals surface area contributed by atoms with Gasteiger partial charge < -0.3 is 14.7 Å². The van der Waals surface area contributed by atoms with Crippen molar-refractivity contribution in [2.75, 3.05) is 13.1 Å². The van der Waals surface area contributed by atoms with Crippen LogP contribution >= 0.6 is 0 Å². The zero-order chi connectivity index (χ0) is 17.1. The summed E-state index contributed by atoms with van der Waals surface area (Å²) in [5.41, 5.74) is 2.70. The number of benzene rings is 1. The van der Waals surface area contributed by atoms with Crippen molar-refractivity contribution in [3.8, 4) is 5.75 Å². The SMILES string of the molecule is Cc1cc2c(cc1C)OC(C(=O)N1C[C@@H]3CCC[C@@]3(C(=O)O)C1)C2. The molecule has 1 amide bonds. The Morgan fingerprint density at radius 1 is 1.29 bits per heavy atom. The molecule has 1 saturated carbocycles. The van der Waals surface area contributed by atoms with Gasteiger partial charge in [-0.25, -0.2) is 0 Å². The first-order valence-electron chi connectivity index (χ1n) is 8.70. The fourth-order valence-electron chi connectivity index (χ4n) is 4.66. The maximum atomic E-state index is 12.9. The molecule has 3 atom stereocenters. The van der Waals surface area contributed by atoms with E-state index in [2.05, 4.69) is 13.0 Å². The predicted octanol–water partition coefficient (Wildman–Crippen LogP) is 2.32. The van der Waals surface area contributed by atoms with Crippen LogP contribution in [0.1, 0.15) is 36.0 Å². The summed E-state index contributed by atoms with van der Waals surface area (Å²) in [4.78, 5) is 26.4. The van der Waals surface area contributed by atoms with Crippen LogP contribution in [0.25, 0.3) is 0 Å². The number of ether oxygens (including phenoxy) is 1. The van der Waals surface area contributed by atoms with Gasteiger partial charge in [0.2, 0.25) is 0 Å². The Morgan fingerprint density at radius 2 is 2.04 bits per heavy atom. The first-order chi connectivity index (χ1) is 11.4. The fraction of sp³-hybridized carbons (Fsp3) is 0.579. The minimum Gasteiger partial charge on any atom is -0.481 e. The smallest absolute Gasteiger partial charge is 0.311 e. The average molecular weight is 329 g/mol. The normalized spacial score (nSPS) is 30.8. The summed E-state index contributed by atoms with van der Waals surface area (Å²) in [7, 11) is 0. The van der Waals surface area contributed by atoms with Gasteiger partial charge in [-0.2, -0.15) is 0 Å². The highest BCUT2D eigenvalue weighted by Gasteiger charge is 2.56. The van der Waals surface area contributed by atoms with E-state index in [-0.39, 0.29) is 11.8 Å². The third-order valence-electron chi connectivity index (χ3n) is 6.24. The van der Waals surface area contributed by atoms with E-state index in [0.717, 1.165) is 29.7 Å². The van der Waals surface area contributed by atoms with Gasteiger partial charge in [-0.3, -0.25) is 9.59 Å². The lowest BCUT2D eigenvalue weighted by molar-refractivity contribution is -0.150. The molecule has 5 nitrogen and oxygen atoms in total. The van der Waals surface area contributed by atoms with Gasteiger partial charge in [0.15, 0.2) is 6.10 Å². The van der Waals surface area contributed by atoms with Gasteiger partial charge in [-0.15, -0.1) is 0 Å². The second-order valence-corrected chi connectivity index (χ2v) is 7.62. The Kier molecular flexibility index (Phi) is 3.37. The fourth-order valence-corrected chi connectivity index (χ4v) is 4.66. The number of fused-ring (bicyclic) bond motifs is 2. The van der Waals surface area contributed by atoms with Gasteiger partial charge in [0.05, 0.1) is 5.41 Å². The van der Waals surface area contributed by atoms with Crippen molar-refractivity contribution in [1.82, 2.24) is 4.90 Å². The van der Waals surface area contributed by atoms with Crippen LogP contribution in [0.4, 0.5) is 0 Å². The van der Waals surface area contributed by atoms with Gasteiger partial charge in [0.25, 0.3) is 5.91 Å². The number of likely N-dealkylation sites (tertiary alicyclic amines) is 1. The Balaban J connectivity index is 1.51. The number of aliphatic carboxylic acids is 1. The lowest BCUT2D eigenvalue weighted by Gasteiger charge is -2.24. The van der Waals surface area contributed by atoms with Crippen LogP contribution in [0, 0.1) is 25.2 Å². The molecule has 2 fully saturated rings. The number of hydrogen-bond acceptors (Lipinski definition) is 3. The molecule has 2 heterocycles. The molecule has 24 heavy (non-hydrogen) atoms. The van der Waals surface area contributed by atoms with Crippen molar-refractivity contribution in [2.45, 2.75) is 45.6 Å². The molecule has 5 heteroatoms. The summed E-state index contributed by atoms with van der Waals surface area (Å²) < 4.78 is 5.89. The van der Waals surface area contributed by atoms with E-state index in [1.54, 1.807) is 4.90 Å². The molecule has 4 rings (SSSR count). The van der Waals surface area contributed by atoms with Crippen molar-refractivity contribution in [3.05, 3.63) is 28.8 Å². The number of carboxylic acids is 1. The third-order valence-corrected chi connectivity index (χ3v) is 6.24. The van der Waals surface area contributed by atoms with Gasteiger partial charge in [-0.1, -0.05) is 12.5 Å². The Morgan fingerprint density at radius 3 is 2.75 bits per heavy atom. The van der Waals surface area contributed by atoms with Crippen LogP contribution < -0.4 is 4.74 Å². The molecular weight excluding hydrogens is 306 g/mol. The molecule has 0 aromatic heterocycles. The van der Waals surface area contributed by atoms with Gasteiger partial charge >= 0.3 is 5.97 Å². The van der Waals surface area contributed by atoms with E-state index in [4.69, 9.17) is 4.74 Å². The van der Waals surface area contributed by atoms with Crippen LogP contribution in [0.3, 0.4) is 0 Å². The topological polar surface area (TPSA) is 66.8 Å². The van der Waals surface area contributed by atoms with Crippen LogP contribution in [0.2, 0.25) is 0 Å². The molecule has 1 unspecified atom stereocenters. The summed E-state index contributed by atoms with van der Waals surface area (Å²) in [6.45, 7) is 4.98. The highest BCUT2D eigenvalue weighted by atomic mass is 16.5. The Hall–Kier alpha value is -2.04. The van der Waals surface area contributed by atoms with E-state index in [1.807, 2.05) is 13.0 Å². The first-order valence-corrected chi connectivity index (χ1v) is 8.70. The van der Waals surface area contributed by atoms with Crippen LogP contribution in [0.15, 0.2) is 12.1 Å². The lowest BCUT2D eigenvalue weighted by Crippen LogP contribution is -2.42. The summed E-state index contributed by atoms with van der Waals surface area (Å²) in [6, 6.07) is 4.09. The predicted molar refractivity (Wildman–Crippen MR) is 88.0 cm³/mol. The van der Waals surface area contributed by atoms with Crippen molar-refractivity contribution in [3.63, 3.8) is 0 Å². The van der Waals surface area contributed by atoms with Crippen molar-refractivity contribution < 1.29 is 19.4 Å². The summed E-state index contributed by atoms with van der Waals surface area (Å²) in [6.07, 6.45) is 2.60. The second-order valence-electron chi connectivity index (χ2n) is 7.62. The number of carbonyl (C=O) groups excluding carboxylic acids is 1. The van der Waals surface area contributed by atoms with E-state index in [9.17, 15) is 14.7 Å². The molecule has 0 bridgehead atoms. The van der Waals surface area contributed by atoms with Crippen molar-refractivity contribution in [1.29, 1.82) is 0 Å². The van der Waals surface area contributed by atoms with Gasteiger partial charge in [0.1, 0.15) is 5.75 Å². The summed E-state index contributed by atoms with van der Waals surface area (Å²) in [5.74, 6) is 0.0784. The number of nitrogens with zero attached hydrogens (tertiary/aromatic N) is 1. The van der Waals surface area contributed by atoms with E-state index in [0.29, 0.717) is 25.9 Å². The first kappa shape index (κ1) is 15.5. The van der Waals surface area contributed by atoms with Crippen molar-refractivity contribution >= 4 is 11.9 Å². The zero-order valence-corrected chi connectivity index (χ0v) is 14.2. The average Bonchev–Trinajstić information content (AvgIpc) is 3.18. The molecule has 1 aromatic rings. The third kappa shape index (κ3) is 2.14. The molecule has 0 spiro atoms. The maximum Gasteiger partial charge on any atom is 0.311 e. The number of carbonyl (C=O) groups is 2. The minimum absolute atomic E-state index is 0.0588. The maximum absolute atomic E-state index is 12.9. The number of aryl methyl sites for hydroxylation is 2. The molecule has 0 radical (unpaired) electrons. The lowest BCUT2D eigenvalue weighted by atomic mass is 9.81. The van der Waals surface area contributed by atoms with Crippen LogP contribution in [0.5, 0.6) is 5.75 Å². The van der Waals surface area contributed by atoms with Crippen LogP contribution in [-0.4, -0.2) is 41.1 Å². The Bertz CT molecular complexity index is 697. The van der Waals surface area contributed by atoms with Gasteiger partial charge in [-0.05, 0) is 55.4 Å². The highest BCUT2D eigenvalue weighted by molar-refractivity contribution is 5.85. The van der Waals surface area contributed by atoms with Crippen molar-refractivity contribution in [2.24, 2.45) is 11.3 Å². The molecule has 3 aliphatic rings. The second kappa shape index (κ2) is 5.23. The molecule has 1 saturated heterocycles. The van der Waals surface area contributed by atoms with E-state index in [1.165, 1.54) is 5.56 Å². The molecular formula is C19H23NO4. The molecule has 1 aromatic carbocycles. The number of hydrogen-bond donors (Lipinski definition) is 1. The Labute approximate surface area is 141 Å². The number of carboxylic acid groups (broad SMARTS) is 1. The minimum atomic E-state index is -0.748. The number of rotatable bonds is 2. The zero-order valence-electron chi connectivity index (χ0n) is 14.2. The monoisotopic (exact) mass is 329 g/mol. The summed E-state index contributed by atoms with van der Waals surface area (Å²) >= 11 is 0.